The minimum Gasteiger partial charge on any atom is -0.482 e. The predicted octanol–water partition coefficient (Wildman–Crippen LogP) is 5.12. The van der Waals surface area contributed by atoms with E-state index >= 15 is 0 Å². The fourth-order valence-corrected chi connectivity index (χ4v) is 3.17. The van der Waals surface area contributed by atoms with Crippen molar-refractivity contribution in [2.45, 2.75) is 26.9 Å². The van der Waals surface area contributed by atoms with E-state index in [0.717, 1.165) is 11.1 Å². The Balaban J connectivity index is 1.85. The molecular formula is C25H26FNO5. The summed E-state index contributed by atoms with van der Waals surface area (Å²) in [6.45, 7) is 5.89. The van der Waals surface area contributed by atoms with Gasteiger partial charge in [0, 0.05) is 12.2 Å². The van der Waals surface area contributed by atoms with Crippen LogP contribution >= 0.6 is 0 Å². The Morgan fingerprint density at radius 1 is 1.12 bits per heavy atom. The van der Waals surface area contributed by atoms with Crippen LogP contribution in [0.2, 0.25) is 0 Å². The van der Waals surface area contributed by atoms with Crippen molar-refractivity contribution in [1.29, 1.82) is 0 Å². The number of halogens is 1. The van der Waals surface area contributed by atoms with Crippen LogP contribution in [-0.4, -0.2) is 35.9 Å². The first-order valence-electron chi connectivity index (χ1n) is 10.3. The van der Waals surface area contributed by atoms with Crippen LogP contribution in [0, 0.1) is 19.7 Å². The highest BCUT2D eigenvalue weighted by atomic mass is 19.1. The van der Waals surface area contributed by atoms with Crippen LogP contribution in [0.15, 0.2) is 54.6 Å². The molecule has 6 nitrogen and oxygen atoms in total. The number of carbonyl (C=O) groups is 1. The van der Waals surface area contributed by atoms with Gasteiger partial charge in [-0.05, 0) is 74.4 Å². The molecule has 0 saturated carbocycles. The average Bonchev–Trinajstić information content (AvgIpc) is 2.76. The van der Waals surface area contributed by atoms with Crippen molar-refractivity contribution in [1.82, 2.24) is 4.98 Å². The molecular weight excluding hydrogens is 413 g/mol. The van der Waals surface area contributed by atoms with Gasteiger partial charge in [-0.3, -0.25) is 0 Å². The largest absolute Gasteiger partial charge is 0.482 e. The van der Waals surface area contributed by atoms with Gasteiger partial charge in [-0.2, -0.15) is 0 Å². The number of aromatic nitrogens is 1. The zero-order valence-corrected chi connectivity index (χ0v) is 18.3. The van der Waals surface area contributed by atoms with Gasteiger partial charge in [-0.1, -0.05) is 12.1 Å². The molecule has 32 heavy (non-hydrogen) atoms. The predicted molar refractivity (Wildman–Crippen MR) is 119 cm³/mol. The van der Waals surface area contributed by atoms with Gasteiger partial charge in [0.05, 0.1) is 18.0 Å². The van der Waals surface area contributed by atoms with Crippen molar-refractivity contribution in [3.63, 3.8) is 0 Å². The number of carboxylic acids is 1. The first-order valence-corrected chi connectivity index (χ1v) is 10.3. The molecule has 0 aliphatic carbocycles. The van der Waals surface area contributed by atoms with E-state index in [1.54, 1.807) is 37.3 Å². The third kappa shape index (κ3) is 6.04. The SMILES string of the molecule is CCOCC(Oc1ccc(OCC(=O)O)c(C)c1)c1cccc(-c2ccc(C)cc2F)n1. The van der Waals surface area contributed by atoms with E-state index in [9.17, 15) is 9.18 Å². The fraction of sp³-hybridized carbons (Fsp3) is 0.280. The number of hydrogen-bond donors (Lipinski definition) is 1. The Bertz CT molecular complexity index is 1090. The van der Waals surface area contributed by atoms with Gasteiger partial charge in [0.2, 0.25) is 0 Å². The molecule has 3 aromatic rings. The van der Waals surface area contributed by atoms with Crippen molar-refractivity contribution in [3.8, 4) is 22.8 Å². The van der Waals surface area contributed by atoms with Crippen LogP contribution < -0.4 is 9.47 Å². The summed E-state index contributed by atoms with van der Waals surface area (Å²) in [5.41, 5.74) is 3.12. The van der Waals surface area contributed by atoms with Crippen molar-refractivity contribution < 1.29 is 28.5 Å². The highest BCUT2D eigenvalue weighted by Gasteiger charge is 2.18. The van der Waals surface area contributed by atoms with Crippen molar-refractivity contribution in [2.24, 2.45) is 0 Å². The van der Waals surface area contributed by atoms with Crippen LogP contribution in [0.3, 0.4) is 0 Å². The average molecular weight is 439 g/mol. The van der Waals surface area contributed by atoms with Crippen LogP contribution in [0.25, 0.3) is 11.3 Å². The maximum absolute atomic E-state index is 14.5. The number of carboxylic acid groups (broad SMARTS) is 1. The Kier molecular flexibility index (Phi) is 7.78. The smallest absolute Gasteiger partial charge is 0.341 e. The topological polar surface area (TPSA) is 77.9 Å². The molecule has 1 atom stereocenters. The highest BCUT2D eigenvalue weighted by Crippen LogP contribution is 2.29. The second-order valence-corrected chi connectivity index (χ2v) is 7.31. The summed E-state index contributed by atoms with van der Waals surface area (Å²) in [7, 11) is 0. The normalized spacial score (nSPS) is 11.8. The molecule has 0 fully saturated rings. The molecule has 1 N–H and O–H groups in total. The molecule has 7 heteroatoms. The summed E-state index contributed by atoms with van der Waals surface area (Å²) in [6, 6.07) is 15.6. The van der Waals surface area contributed by atoms with Crippen molar-refractivity contribution in [2.75, 3.05) is 19.8 Å². The number of nitrogens with zero attached hydrogens (tertiary/aromatic N) is 1. The van der Waals surface area contributed by atoms with Crippen LogP contribution in [0.1, 0.15) is 29.8 Å². The number of hydrogen-bond acceptors (Lipinski definition) is 5. The molecule has 168 valence electrons. The maximum atomic E-state index is 14.5. The van der Waals surface area contributed by atoms with Crippen LogP contribution in [0.4, 0.5) is 4.39 Å². The Morgan fingerprint density at radius 3 is 2.62 bits per heavy atom. The van der Waals surface area contributed by atoms with Gasteiger partial charge in [0.25, 0.3) is 0 Å². The number of rotatable bonds is 10. The lowest BCUT2D eigenvalue weighted by Crippen LogP contribution is -2.16. The monoisotopic (exact) mass is 439 g/mol. The number of pyridine rings is 1. The second-order valence-electron chi connectivity index (χ2n) is 7.31. The lowest BCUT2D eigenvalue weighted by atomic mass is 10.1. The van der Waals surface area contributed by atoms with E-state index in [1.807, 2.05) is 32.0 Å². The van der Waals surface area contributed by atoms with E-state index in [2.05, 4.69) is 4.98 Å². The van der Waals surface area contributed by atoms with E-state index in [0.29, 0.717) is 35.1 Å². The van der Waals surface area contributed by atoms with Gasteiger partial charge in [-0.25, -0.2) is 14.2 Å². The minimum absolute atomic E-state index is 0.264. The Labute approximate surface area is 186 Å². The number of benzene rings is 2. The number of ether oxygens (including phenoxy) is 3. The summed E-state index contributed by atoms with van der Waals surface area (Å²) >= 11 is 0. The minimum atomic E-state index is -1.04. The molecule has 1 unspecified atom stereocenters. The lowest BCUT2D eigenvalue weighted by molar-refractivity contribution is -0.139. The standard InChI is InChI=1S/C25H26FNO5/c1-4-30-14-24(32-18-9-11-23(17(3)13-18)31-15-25(28)29)22-7-5-6-21(27-22)19-10-8-16(2)12-20(19)26/h5-13,24H,4,14-15H2,1-3H3,(H,28,29). The first kappa shape index (κ1) is 23.2. The van der Waals surface area contributed by atoms with E-state index in [1.165, 1.54) is 6.07 Å². The molecule has 0 aliphatic rings. The molecule has 3 rings (SSSR count). The van der Waals surface area contributed by atoms with Crippen molar-refractivity contribution >= 4 is 5.97 Å². The molecule has 1 heterocycles. The maximum Gasteiger partial charge on any atom is 0.341 e. The summed E-state index contributed by atoms with van der Waals surface area (Å²) in [5.74, 6) is -0.346. The molecule has 0 aliphatic heterocycles. The van der Waals surface area contributed by atoms with Gasteiger partial charge >= 0.3 is 5.97 Å². The van der Waals surface area contributed by atoms with Crippen molar-refractivity contribution in [3.05, 3.63) is 77.2 Å². The molecule has 0 radical (unpaired) electrons. The third-order valence-electron chi connectivity index (χ3n) is 4.75. The summed E-state index contributed by atoms with van der Waals surface area (Å²) in [4.78, 5) is 15.4. The second kappa shape index (κ2) is 10.7. The molecule has 0 amide bonds. The molecule has 0 saturated heterocycles. The van der Waals surface area contributed by atoms with E-state index in [-0.39, 0.29) is 12.4 Å². The zero-order chi connectivity index (χ0) is 23.1. The number of aliphatic carboxylic acids is 1. The fourth-order valence-electron chi connectivity index (χ4n) is 3.17. The quantitative estimate of drug-likeness (QED) is 0.472. The highest BCUT2D eigenvalue weighted by molar-refractivity contribution is 5.68. The van der Waals surface area contributed by atoms with Gasteiger partial charge in [0.15, 0.2) is 12.7 Å². The zero-order valence-electron chi connectivity index (χ0n) is 18.3. The van der Waals surface area contributed by atoms with E-state index in [4.69, 9.17) is 19.3 Å². The first-order chi connectivity index (χ1) is 15.4. The molecule has 0 bridgehead atoms. The Hall–Kier alpha value is -3.45. The van der Waals surface area contributed by atoms with Crippen LogP contribution in [-0.2, 0) is 9.53 Å². The van der Waals surface area contributed by atoms with Gasteiger partial charge in [-0.15, -0.1) is 0 Å². The van der Waals surface area contributed by atoms with Gasteiger partial charge < -0.3 is 19.3 Å². The summed E-state index contributed by atoms with van der Waals surface area (Å²) in [5, 5.41) is 8.79. The third-order valence-corrected chi connectivity index (χ3v) is 4.75. The summed E-state index contributed by atoms with van der Waals surface area (Å²) in [6.07, 6.45) is -0.520. The number of aryl methyl sites for hydroxylation is 2. The van der Waals surface area contributed by atoms with E-state index < -0.39 is 18.7 Å². The molecule has 1 aromatic heterocycles. The summed E-state index contributed by atoms with van der Waals surface area (Å²) < 4.78 is 31.5. The van der Waals surface area contributed by atoms with Gasteiger partial charge in [0.1, 0.15) is 17.3 Å². The Morgan fingerprint density at radius 2 is 1.94 bits per heavy atom. The lowest BCUT2D eigenvalue weighted by Gasteiger charge is -2.20. The molecule has 2 aromatic carbocycles. The molecule has 0 spiro atoms. The van der Waals surface area contributed by atoms with Crippen LogP contribution in [0.5, 0.6) is 11.5 Å².